The van der Waals surface area contributed by atoms with E-state index in [0.29, 0.717) is 18.0 Å². The third-order valence-electron chi connectivity index (χ3n) is 2.73. The zero-order valence-corrected chi connectivity index (χ0v) is 9.78. The Morgan fingerprint density at radius 3 is 3.00 bits per heavy atom. The van der Waals surface area contributed by atoms with Gasteiger partial charge in [0.1, 0.15) is 17.2 Å². The van der Waals surface area contributed by atoms with Gasteiger partial charge in [0.15, 0.2) is 0 Å². The predicted octanol–water partition coefficient (Wildman–Crippen LogP) is 3.00. The fourth-order valence-corrected chi connectivity index (χ4v) is 1.81. The Morgan fingerprint density at radius 1 is 1.41 bits per heavy atom. The predicted molar refractivity (Wildman–Crippen MR) is 64.2 cm³/mol. The summed E-state index contributed by atoms with van der Waals surface area (Å²) in [6.45, 7) is 0.683. The number of hydrogen-bond acceptors (Lipinski definition) is 3. The summed E-state index contributed by atoms with van der Waals surface area (Å²) in [6, 6.07) is 6.09. The van der Waals surface area contributed by atoms with Gasteiger partial charge in [-0.3, -0.25) is 0 Å². The van der Waals surface area contributed by atoms with E-state index in [0.717, 1.165) is 18.2 Å². The van der Waals surface area contributed by atoms with Crippen molar-refractivity contribution in [3.05, 3.63) is 35.8 Å². The second kappa shape index (κ2) is 5.29. The molecule has 0 aliphatic heterocycles. The molecule has 0 radical (unpaired) electrons. The maximum atomic E-state index is 13.0. The molecule has 1 heterocycles. The lowest BCUT2D eigenvalue weighted by molar-refractivity contribution is 0.189. The van der Waals surface area contributed by atoms with E-state index in [1.54, 1.807) is 19.2 Å². The Hall–Kier alpha value is -1.39. The van der Waals surface area contributed by atoms with E-state index in [9.17, 15) is 4.39 Å². The molecule has 2 N–H and O–H groups in total. The highest BCUT2D eigenvalue weighted by molar-refractivity contribution is 5.77. The number of halogens is 1. The zero-order valence-electron chi connectivity index (χ0n) is 9.78. The van der Waals surface area contributed by atoms with Crippen molar-refractivity contribution in [3.63, 3.8) is 0 Å². The molecule has 17 heavy (non-hydrogen) atoms. The first kappa shape index (κ1) is 12.1. The summed E-state index contributed by atoms with van der Waals surface area (Å²) in [6.07, 6.45) is 1.67. The molecule has 4 heteroatoms. The number of nitrogens with two attached hydrogens (primary N) is 1. The van der Waals surface area contributed by atoms with Crippen LogP contribution in [0.2, 0.25) is 0 Å². The van der Waals surface area contributed by atoms with Crippen LogP contribution >= 0.6 is 0 Å². The molecule has 0 amide bonds. The average Bonchev–Trinajstić information content (AvgIpc) is 2.72. The molecule has 0 saturated carbocycles. The van der Waals surface area contributed by atoms with Crippen molar-refractivity contribution in [1.29, 1.82) is 0 Å². The van der Waals surface area contributed by atoms with Crippen molar-refractivity contribution < 1.29 is 13.5 Å². The molecule has 0 aliphatic carbocycles. The highest BCUT2D eigenvalue weighted by Crippen LogP contribution is 2.25. The van der Waals surface area contributed by atoms with Crippen molar-refractivity contribution in [2.75, 3.05) is 13.7 Å². The van der Waals surface area contributed by atoms with Crippen molar-refractivity contribution in [3.8, 4) is 0 Å². The Morgan fingerprint density at radius 2 is 2.24 bits per heavy atom. The van der Waals surface area contributed by atoms with Crippen LogP contribution in [0.4, 0.5) is 4.39 Å². The van der Waals surface area contributed by atoms with Gasteiger partial charge in [0.25, 0.3) is 0 Å². The van der Waals surface area contributed by atoms with E-state index < -0.39 is 0 Å². The van der Waals surface area contributed by atoms with Crippen LogP contribution in [-0.4, -0.2) is 13.7 Å². The average molecular weight is 237 g/mol. The van der Waals surface area contributed by atoms with E-state index in [4.69, 9.17) is 14.9 Å². The molecule has 2 rings (SSSR count). The largest absolute Gasteiger partial charge is 0.459 e. The van der Waals surface area contributed by atoms with E-state index in [1.807, 2.05) is 0 Å². The van der Waals surface area contributed by atoms with E-state index >= 15 is 0 Å². The van der Waals surface area contributed by atoms with Crippen LogP contribution < -0.4 is 5.73 Å². The normalized spacial score (nSPS) is 13.1. The van der Waals surface area contributed by atoms with Gasteiger partial charge < -0.3 is 14.9 Å². The lowest BCUT2D eigenvalue weighted by Gasteiger charge is -2.07. The van der Waals surface area contributed by atoms with Gasteiger partial charge in [-0.25, -0.2) is 4.39 Å². The first-order chi connectivity index (χ1) is 8.20. The molecular formula is C13H16FNO2. The van der Waals surface area contributed by atoms with Gasteiger partial charge in [0.05, 0.1) is 6.04 Å². The molecule has 1 atom stereocenters. The summed E-state index contributed by atoms with van der Waals surface area (Å²) in [5.41, 5.74) is 6.66. The number of fused-ring (bicyclic) bond motifs is 1. The third kappa shape index (κ3) is 2.84. The molecule has 0 saturated heterocycles. The number of ether oxygens (including phenoxy) is 1. The van der Waals surface area contributed by atoms with E-state index in [1.165, 1.54) is 12.1 Å². The van der Waals surface area contributed by atoms with Crippen LogP contribution in [-0.2, 0) is 4.74 Å². The van der Waals surface area contributed by atoms with Crippen molar-refractivity contribution in [2.24, 2.45) is 5.73 Å². The first-order valence-electron chi connectivity index (χ1n) is 5.64. The standard InChI is InChI=1S/C13H16FNO2/c1-16-6-2-3-11(15)13-8-9-7-10(14)4-5-12(9)17-13/h4-5,7-8,11H,2-3,6,15H2,1H3. The van der Waals surface area contributed by atoms with Crippen molar-refractivity contribution >= 4 is 11.0 Å². The number of benzene rings is 1. The Balaban J connectivity index is 2.12. The van der Waals surface area contributed by atoms with Gasteiger partial charge >= 0.3 is 0 Å². The molecule has 3 nitrogen and oxygen atoms in total. The fraction of sp³-hybridized carbons (Fsp3) is 0.385. The summed E-state index contributed by atoms with van der Waals surface area (Å²) in [5, 5.41) is 0.752. The molecule has 92 valence electrons. The Kier molecular flexibility index (Phi) is 3.76. The summed E-state index contributed by atoms with van der Waals surface area (Å²) < 4.78 is 23.6. The van der Waals surface area contributed by atoms with Gasteiger partial charge in [0, 0.05) is 19.1 Å². The zero-order chi connectivity index (χ0) is 12.3. The number of methoxy groups -OCH3 is 1. The van der Waals surface area contributed by atoms with Crippen LogP contribution in [0.5, 0.6) is 0 Å². The maximum absolute atomic E-state index is 13.0. The maximum Gasteiger partial charge on any atom is 0.134 e. The topological polar surface area (TPSA) is 48.4 Å². The molecular weight excluding hydrogens is 221 g/mol. The minimum atomic E-state index is -0.266. The SMILES string of the molecule is COCCCC(N)c1cc2cc(F)ccc2o1. The van der Waals surface area contributed by atoms with Gasteiger partial charge in [-0.05, 0) is 37.1 Å². The Labute approximate surface area is 99.4 Å². The van der Waals surface area contributed by atoms with Gasteiger partial charge in [-0.15, -0.1) is 0 Å². The number of hydrogen-bond donors (Lipinski definition) is 1. The summed E-state index contributed by atoms with van der Waals surface area (Å²) in [7, 11) is 1.66. The van der Waals surface area contributed by atoms with Crippen LogP contribution in [0.25, 0.3) is 11.0 Å². The van der Waals surface area contributed by atoms with Crippen LogP contribution in [0.3, 0.4) is 0 Å². The first-order valence-corrected chi connectivity index (χ1v) is 5.64. The van der Waals surface area contributed by atoms with Crippen molar-refractivity contribution in [1.82, 2.24) is 0 Å². The number of rotatable bonds is 5. The molecule has 0 spiro atoms. The lowest BCUT2D eigenvalue weighted by Crippen LogP contribution is -2.09. The molecule has 0 aliphatic rings. The highest BCUT2D eigenvalue weighted by Gasteiger charge is 2.12. The molecule has 1 unspecified atom stereocenters. The van der Waals surface area contributed by atoms with E-state index in [2.05, 4.69) is 0 Å². The minimum Gasteiger partial charge on any atom is -0.459 e. The van der Waals surface area contributed by atoms with Crippen LogP contribution in [0, 0.1) is 5.82 Å². The molecule has 2 aromatic rings. The smallest absolute Gasteiger partial charge is 0.134 e. The summed E-state index contributed by atoms with van der Waals surface area (Å²) >= 11 is 0. The van der Waals surface area contributed by atoms with Gasteiger partial charge in [-0.2, -0.15) is 0 Å². The van der Waals surface area contributed by atoms with Crippen LogP contribution in [0.15, 0.2) is 28.7 Å². The quantitative estimate of drug-likeness (QED) is 0.813. The van der Waals surface area contributed by atoms with Crippen LogP contribution in [0.1, 0.15) is 24.6 Å². The fourth-order valence-electron chi connectivity index (χ4n) is 1.81. The summed E-state index contributed by atoms with van der Waals surface area (Å²) in [5.74, 6) is 0.430. The molecule has 1 aromatic carbocycles. The van der Waals surface area contributed by atoms with Gasteiger partial charge in [0.2, 0.25) is 0 Å². The van der Waals surface area contributed by atoms with Crippen molar-refractivity contribution in [2.45, 2.75) is 18.9 Å². The van der Waals surface area contributed by atoms with E-state index in [-0.39, 0.29) is 11.9 Å². The Bertz CT molecular complexity index is 495. The number of furan rings is 1. The van der Waals surface area contributed by atoms with Gasteiger partial charge in [-0.1, -0.05) is 0 Å². The minimum absolute atomic E-state index is 0.166. The highest BCUT2D eigenvalue weighted by atomic mass is 19.1. The molecule has 1 aromatic heterocycles. The molecule has 0 bridgehead atoms. The lowest BCUT2D eigenvalue weighted by atomic mass is 10.1. The summed E-state index contributed by atoms with van der Waals surface area (Å²) in [4.78, 5) is 0. The second-order valence-electron chi connectivity index (χ2n) is 4.07. The third-order valence-corrected chi connectivity index (χ3v) is 2.73. The molecule has 0 fully saturated rings. The second-order valence-corrected chi connectivity index (χ2v) is 4.07. The monoisotopic (exact) mass is 237 g/mol.